The highest BCUT2D eigenvalue weighted by Crippen LogP contribution is 2.24. The van der Waals surface area contributed by atoms with E-state index >= 15 is 0 Å². The van der Waals surface area contributed by atoms with Crippen molar-refractivity contribution in [2.75, 3.05) is 18.0 Å². The quantitative estimate of drug-likeness (QED) is 0.833. The normalized spacial score (nSPS) is 17.7. The van der Waals surface area contributed by atoms with E-state index in [1.54, 1.807) is 30.5 Å². The van der Waals surface area contributed by atoms with Crippen molar-refractivity contribution in [3.05, 3.63) is 59.5 Å². The third kappa shape index (κ3) is 4.43. The Morgan fingerprint density at radius 2 is 2.04 bits per heavy atom. The largest absolute Gasteiger partial charge is 0.354 e. The summed E-state index contributed by atoms with van der Waals surface area (Å²) in [6, 6.07) is 11.9. The van der Waals surface area contributed by atoms with Gasteiger partial charge in [-0.15, -0.1) is 0 Å². The number of hydrogen-bond acceptors (Lipinski definition) is 4. The van der Waals surface area contributed by atoms with Gasteiger partial charge >= 0.3 is 0 Å². The van der Waals surface area contributed by atoms with Gasteiger partial charge in [-0.1, -0.05) is 26.0 Å². The first kappa shape index (κ1) is 18.8. The molecular formula is C21H23FN4O. The summed E-state index contributed by atoms with van der Waals surface area (Å²) in [5.74, 6) is 0.762. The molecule has 0 aliphatic carbocycles. The van der Waals surface area contributed by atoms with Crippen LogP contribution in [0.3, 0.4) is 0 Å². The maximum absolute atomic E-state index is 13.2. The summed E-state index contributed by atoms with van der Waals surface area (Å²) in [6.07, 6.45) is 2.00. The Bertz CT molecular complexity index is 844. The van der Waals surface area contributed by atoms with Gasteiger partial charge in [-0.25, -0.2) is 9.37 Å². The van der Waals surface area contributed by atoms with Gasteiger partial charge in [-0.2, -0.15) is 5.26 Å². The van der Waals surface area contributed by atoms with Gasteiger partial charge in [0.25, 0.3) is 0 Å². The minimum atomic E-state index is -0.282. The molecule has 1 aromatic heterocycles. The fourth-order valence-corrected chi connectivity index (χ4v) is 3.41. The number of amides is 1. The number of benzene rings is 1. The Morgan fingerprint density at radius 1 is 1.30 bits per heavy atom. The lowest BCUT2D eigenvalue weighted by atomic mass is 10.0. The lowest BCUT2D eigenvalue weighted by molar-refractivity contribution is -0.134. The summed E-state index contributed by atoms with van der Waals surface area (Å²) in [6.45, 7) is 5.86. The van der Waals surface area contributed by atoms with E-state index in [1.165, 1.54) is 12.1 Å². The molecule has 0 spiro atoms. The lowest BCUT2D eigenvalue weighted by Gasteiger charge is -2.35. The number of carbonyl (C=O) groups is 1. The maximum atomic E-state index is 13.2. The van der Waals surface area contributed by atoms with Crippen LogP contribution >= 0.6 is 0 Å². The number of pyridine rings is 1. The number of halogens is 1. The van der Waals surface area contributed by atoms with E-state index < -0.39 is 0 Å². The number of rotatable bonds is 4. The maximum Gasteiger partial charge on any atom is 0.224 e. The van der Waals surface area contributed by atoms with Crippen LogP contribution in [0.5, 0.6) is 0 Å². The fourth-order valence-electron chi connectivity index (χ4n) is 3.41. The first-order valence-electron chi connectivity index (χ1n) is 9.13. The predicted octanol–water partition coefficient (Wildman–Crippen LogP) is 3.36. The van der Waals surface area contributed by atoms with Crippen molar-refractivity contribution in [1.29, 1.82) is 5.26 Å². The van der Waals surface area contributed by atoms with Crippen molar-refractivity contribution in [2.24, 2.45) is 5.92 Å². The Hall–Kier alpha value is -2.94. The molecule has 0 saturated carbocycles. The Labute approximate surface area is 159 Å². The average Bonchev–Trinajstić information content (AvgIpc) is 2.83. The second-order valence-electron chi connectivity index (χ2n) is 7.17. The van der Waals surface area contributed by atoms with Gasteiger partial charge < -0.3 is 9.80 Å². The predicted molar refractivity (Wildman–Crippen MR) is 101 cm³/mol. The molecule has 140 valence electrons. The highest BCUT2D eigenvalue weighted by Gasteiger charge is 2.32. The van der Waals surface area contributed by atoms with Gasteiger partial charge in [0.1, 0.15) is 11.6 Å². The third-order valence-electron chi connectivity index (χ3n) is 4.96. The third-order valence-corrected chi connectivity index (χ3v) is 4.96. The minimum absolute atomic E-state index is 0.00223. The SMILES string of the molecule is CC(C)[C@H]1CN(c2cc(C#N)ccn2)CCC(=O)N1Cc1ccc(F)cc1. The molecule has 27 heavy (non-hydrogen) atoms. The first-order valence-corrected chi connectivity index (χ1v) is 9.13. The lowest BCUT2D eigenvalue weighted by Crippen LogP contribution is -2.46. The van der Waals surface area contributed by atoms with Crippen LogP contribution in [0, 0.1) is 23.1 Å². The summed E-state index contributed by atoms with van der Waals surface area (Å²) < 4.78 is 13.2. The van der Waals surface area contributed by atoms with Crippen molar-refractivity contribution in [3.8, 4) is 6.07 Å². The van der Waals surface area contributed by atoms with E-state index in [4.69, 9.17) is 5.26 Å². The number of hydrogen-bond donors (Lipinski definition) is 0. The standard InChI is InChI=1S/C21H23FN4O/c1-15(2)19-14-25(20-11-17(12-23)7-9-24-20)10-8-21(27)26(19)13-16-3-5-18(22)6-4-16/h3-7,9,11,15,19H,8,10,13-14H2,1-2H3/t19-/m1/s1. The minimum Gasteiger partial charge on any atom is -0.354 e. The first-order chi connectivity index (χ1) is 13.0. The van der Waals surface area contributed by atoms with E-state index in [0.29, 0.717) is 31.6 Å². The molecule has 6 heteroatoms. The molecule has 2 heterocycles. The second kappa shape index (κ2) is 8.17. The summed E-state index contributed by atoms with van der Waals surface area (Å²) >= 11 is 0. The van der Waals surface area contributed by atoms with Crippen molar-refractivity contribution >= 4 is 11.7 Å². The van der Waals surface area contributed by atoms with E-state index in [2.05, 4.69) is 29.8 Å². The molecule has 1 aromatic carbocycles. The van der Waals surface area contributed by atoms with Crippen LogP contribution in [0.25, 0.3) is 0 Å². The molecule has 0 bridgehead atoms. The van der Waals surface area contributed by atoms with Crippen molar-refractivity contribution in [2.45, 2.75) is 32.9 Å². The number of aromatic nitrogens is 1. The average molecular weight is 366 g/mol. The number of carbonyl (C=O) groups excluding carboxylic acids is 1. The monoisotopic (exact) mass is 366 g/mol. The Morgan fingerprint density at radius 3 is 2.70 bits per heavy atom. The summed E-state index contributed by atoms with van der Waals surface area (Å²) in [4.78, 5) is 21.2. The zero-order chi connectivity index (χ0) is 19.4. The molecule has 1 amide bonds. The topological polar surface area (TPSA) is 60.2 Å². The van der Waals surface area contributed by atoms with E-state index in [9.17, 15) is 9.18 Å². The molecule has 0 radical (unpaired) electrons. The van der Waals surface area contributed by atoms with Crippen molar-refractivity contribution in [1.82, 2.24) is 9.88 Å². The van der Waals surface area contributed by atoms with Crippen LogP contribution in [0.15, 0.2) is 42.6 Å². The van der Waals surface area contributed by atoms with Gasteiger partial charge in [-0.05, 0) is 35.7 Å². The smallest absolute Gasteiger partial charge is 0.224 e. The van der Waals surface area contributed by atoms with Crippen molar-refractivity contribution in [3.63, 3.8) is 0 Å². The summed E-state index contributed by atoms with van der Waals surface area (Å²) in [5.41, 5.74) is 1.47. The van der Waals surface area contributed by atoms with Gasteiger partial charge in [0.15, 0.2) is 0 Å². The highest BCUT2D eigenvalue weighted by atomic mass is 19.1. The Balaban J connectivity index is 1.86. The molecule has 2 aromatic rings. The molecular weight excluding hydrogens is 343 g/mol. The van der Waals surface area contributed by atoms with Gasteiger partial charge in [0, 0.05) is 32.3 Å². The summed E-state index contributed by atoms with van der Waals surface area (Å²) in [5, 5.41) is 9.14. The van der Waals surface area contributed by atoms with Crippen LogP contribution in [-0.4, -0.2) is 34.9 Å². The molecule has 3 rings (SSSR count). The Kier molecular flexibility index (Phi) is 5.70. The zero-order valence-corrected chi connectivity index (χ0v) is 15.6. The molecule has 5 nitrogen and oxygen atoms in total. The van der Waals surface area contributed by atoms with Crippen LogP contribution < -0.4 is 4.90 Å². The molecule has 0 unspecified atom stereocenters. The van der Waals surface area contributed by atoms with Crippen LogP contribution in [0.2, 0.25) is 0 Å². The van der Waals surface area contributed by atoms with E-state index in [1.807, 2.05) is 4.90 Å². The number of anilines is 1. The molecule has 1 atom stereocenters. The van der Waals surface area contributed by atoms with Gasteiger partial charge in [-0.3, -0.25) is 4.79 Å². The molecule has 1 fully saturated rings. The molecule has 1 aliphatic rings. The molecule has 1 aliphatic heterocycles. The number of nitriles is 1. The fraction of sp³-hybridized carbons (Fsp3) is 0.381. The van der Waals surface area contributed by atoms with Gasteiger partial charge in [0.05, 0.1) is 17.7 Å². The summed E-state index contributed by atoms with van der Waals surface area (Å²) in [7, 11) is 0. The van der Waals surface area contributed by atoms with Crippen molar-refractivity contribution < 1.29 is 9.18 Å². The van der Waals surface area contributed by atoms with E-state index in [0.717, 1.165) is 11.4 Å². The molecule has 1 saturated heterocycles. The van der Waals surface area contributed by atoms with Crippen LogP contribution in [-0.2, 0) is 11.3 Å². The van der Waals surface area contributed by atoms with Crippen LogP contribution in [0.1, 0.15) is 31.4 Å². The second-order valence-corrected chi connectivity index (χ2v) is 7.17. The van der Waals surface area contributed by atoms with Gasteiger partial charge in [0.2, 0.25) is 5.91 Å². The van der Waals surface area contributed by atoms with Crippen LogP contribution in [0.4, 0.5) is 10.2 Å². The van der Waals surface area contributed by atoms with E-state index in [-0.39, 0.29) is 23.7 Å². The number of nitrogens with zero attached hydrogens (tertiary/aromatic N) is 4. The highest BCUT2D eigenvalue weighted by molar-refractivity contribution is 5.78. The molecule has 0 N–H and O–H groups in total. The zero-order valence-electron chi connectivity index (χ0n) is 15.6.